The number of carbonyl (C=O) groups is 2. The molecule has 0 aromatic heterocycles. The van der Waals surface area contributed by atoms with Gasteiger partial charge in [-0.3, -0.25) is 4.79 Å². The molecule has 1 fully saturated rings. The summed E-state index contributed by atoms with van der Waals surface area (Å²) in [6, 6.07) is 7.23. The summed E-state index contributed by atoms with van der Waals surface area (Å²) < 4.78 is 5.15. The summed E-state index contributed by atoms with van der Waals surface area (Å²) in [5.74, 6) is 0.690. The topological polar surface area (TPSA) is 61.9 Å². The molecule has 0 saturated carbocycles. The van der Waals surface area contributed by atoms with Gasteiger partial charge in [0, 0.05) is 38.8 Å². The van der Waals surface area contributed by atoms with Crippen molar-refractivity contribution in [2.24, 2.45) is 0 Å². The number of likely N-dealkylation sites (tertiary alicyclic amines) is 1. The number of carbonyl (C=O) groups excluding carboxylic acids is 2. The molecule has 0 aliphatic carbocycles. The van der Waals surface area contributed by atoms with Gasteiger partial charge < -0.3 is 19.9 Å². The van der Waals surface area contributed by atoms with Gasteiger partial charge in [0.25, 0.3) is 5.91 Å². The third-order valence-corrected chi connectivity index (χ3v) is 3.83. The molecular weight excluding hydrogens is 282 g/mol. The van der Waals surface area contributed by atoms with Gasteiger partial charge in [0.15, 0.2) is 0 Å². The van der Waals surface area contributed by atoms with Crippen LogP contribution in [0.1, 0.15) is 23.2 Å². The number of amides is 3. The maximum Gasteiger partial charge on any atom is 0.317 e. The Labute approximate surface area is 131 Å². The molecule has 120 valence electrons. The first-order valence-electron chi connectivity index (χ1n) is 7.42. The summed E-state index contributed by atoms with van der Waals surface area (Å²) in [5, 5.41) is 2.96. The molecule has 3 amide bonds. The summed E-state index contributed by atoms with van der Waals surface area (Å²) in [5.41, 5.74) is 0.634. The summed E-state index contributed by atoms with van der Waals surface area (Å²) in [7, 11) is 5.02. The van der Waals surface area contributed by atoms with Crippen molar-refractivity contribution in [2.75, 3.05) is 34.3 Å². The van der Waals surface area contributed by atoms with Gasteiger partial charge in [0.1, 0.15) is 5.75 Å². The average molecular weight is 305 g/mol. The van der Waals surface area contributed by atoms with Crippen LogP contribution in [-0.2, 0) is 0 Å². The van der Waals surface area contributed by atoms with E-state index in [0.29, 0.717) is 24.4 Å². The number of hydrogen-bond donors (Lipinski definition) is 1. The van der Waals surface area contributed by atoms with E-state index in [4.69, 9.17) is 4.74 Å². The summed E-state index contributed by atoms with van der Waals surface area (Å²) >= 11 is 0. The maximum atomic E-state index is 12.5. The van der Waals surface area contributed by atoms with Crippen LogP contribution in [0, 0.1) is 0 Å². The highest BCUT2D eigenvalue weighted by Crippen LogP contribution is 2.17. The van der Waals surface area contributed by atoms with Gasteiger partial charge in [-0.25, -0.2) is 4.79 Å². The molecule has 0 unspecified atom stereocenters. The zero-order chi connectivity index (χ0) is 16.1. The van der Waals surface area contributed by atoms with Crippen molar-refractivity contribution >= 4 is 11.9 Å². The second kappa shape index (κ2) is 7.15. The third kappa shape index (κ3) is 3.90. The Bertz CT molecular complexity index is 537. The van der Waals surface area contributed by atoms with Crippen LogP contribution in [0.15, 0.2) is 24.3 Å². The number of ether oxygens (including phenoxy) is 1. The molecule has 6 heteroatoms. The van der Waals surface area contributed by atoms with E-state index in [1.807, 2.05) is 17.0 Å². The number of nitrogens with one attached hydrogen (secondary N) is 1. The molecule has 2 rings (SSSR count). The molecule has 1 aromatic rings. The smallest absolute Gasteiger partial charge is 0.317 e. The highest BCUT2D eigenvalue weighted by atomic mass is 16.5. The maximum absolute atomic E-state index is 12.5. The van der Waals surface area contributed by atoms with Crippen LogP contribution in [-0.4, -0.2) is 62.1 Å². The van der Waals surface area contributed by atoms with Crippen molar-refractivity contribution in [2.45, 2.75) is 18.9 Å². The van der Waals surface area contributed by atoms with Gasteiger partial charge in [-0.05, 0) is 31.0 Å². The lowest BCUT2D eigenvalue weighted by Crippen LogP contribution is -2.48. The minimum absolute atomic E-state index is 0.0105. The Balaban J connectivity index is 1.90. The van der Waals surface area contributed by atoms with Gasteiger partial charge in [0.2, 0.25) is 0 Å². The second-order valence-electron chi connectivity index (χ2n) is 5.64. The Kier molecular flexibility index (Phi) is 5.25. The van der Waals surface area contributed by atoms with Crippen LogP contribution in [0.2, 0.25) is 0 Å². The van der Waals surface area contributed by atoms with Crippen LogP contribution in [0.25, 0.3) is 0 Å². The molecule has 1 N–H and O–H groups in total. The third-order valence-electron chi connectivity index (χ3n) is 3.83. The van der Waals surface area contributed by atoms with Crippen molar-refractivity contribution in [3.05, 3.63) is 29.8 Å². The van der Waals surface area contributed by atoms with Gasteiger partial charge in [0.05, 0.1) is 7.11 Å². The monoisotopic (exact) mass is 305 g/mol. The van der Waals surface area contributed by atoms with E-state index >= 15 is 0 Å². The van der Waals surface area contributed by atoms with Crippen LogP contribution in [0.3, 0.4) is 0 Å². The van der Waals surface area contributed by atoms with Crippen LogP contribution in [0.4, 0.5) is 4.79 Å². The molecule has 1 aliphatic heterocycles. The van der Waals surface area contributed by atoms with E-state index in [0.717, 1.165) is 12.8 Å². The Morgan fingerprint density at radius 1 is 1.27 bits per heavy atom. The molecule has 0 spiro atoms. The predicted octanol–water partition coefficient (Wildman–Crippen LogP) is 1.57. The fourth-order valence-electron chi connectivity index (χ4n) is 2.47. The molecule has 0 bridgehead atoms. The predicted molar refractivity (Wildman–Crippen MR) is 84.1 cm³/mol. The molecule has 1 aromatic carbocycles. The highest BCUT2D eigenvalue weighted by molar-refractivity contribution is 5.94. The normalized spacial score (nSPS) is 15.3. The standard InChI is InChI=1S/C16H23N3O3/c1-18(2)16(21)17-13-7-9-19(10-8-13)15(20)12-5-4-6-14(11-12)22-3/h4-6,11,13H,7-10H2,1-3H3,(H,17,21). The molecule has 22 heavy (non-hydrogen) atoms. The minimum Gasteiger partial charge on any atom is -0.497 e. The molecule has 0 atom stereocenters. The number of hydrogen-bond acceptors (Lipinski definition) is 3. The van der Waals surface area contributed by atoms with Crippen LogP contribution >= 0.6 is 0 Å². The fourth-order valence-corrected chi connectivity index (χ4v) is 2.47. The fraction of sp³-hybridized carbons (Fsp3) is 0.500. The number of piperidine rings is 1. The molecular formula is C16H23N3O3. The van der Waals surface area contributed by atoms with E-state index in [1.54, 1.807) is 33.3 Å². The van der Waals surface area contributed by atoms with E-state index in [1.165, 1.54) is 4.90 Å². The number of methoxy groups -OCH3 is 1. The lowest BCUT2D eigenvalue weighted by molar-refractivity contribution is 0.0707. The largest absolute Gasteiger partial charge is 0.497 e. The van der Waals surface area contributed by atoms with Crippen molar-refractivity contribution in [3.8, 4) is 5.75 Å². The first-order chi connectivity index (χ1) is 10.5. The highest BCUT2D eigenvalue weighted by Gasteiger charge is 2.25. The van der Waals surface area contributed by atoms with E-state index in [2.05, 4.69) is 5.32 Å². The summed E-state index contributed by atoms with van der Waals surface area (Å²) in [6.07, 6.45) is 1.55. The number of benzene rings is 1. The van der Waals surface area contributed by atoms with E-state index in [-0.39, 0.29) is 18.0 Å². The van der Waals surface area contributed by atoms with E-state index < -0.39 is 0 Å². The Morgan fingerprint density at radius 3 is 2.55 bits per heavy atom. The first kappa shape index (κ1) is 16.1. The van der Waals surface area contributed by atoms with E-state index in [9.17, 15) is 9.59 Å². The molecule has 1 saturated heterocycles. The SMILES string of the molecule is COc1cccc(C(=O)N2CCC(NC(=O)N(C)C)CC2)c1. The second-order valence-corrected chi connectivity index (χ2v) is 5.64. The number of nitrogens with zero attached hydrogens (tertiary/aromatic N) is 2. The van der Waals surface area contributed by atoms with Crippen LogP contribution < -0.4 is 10.1 Å². The van der Waals surface area contributed by atoms with Gasteiger partial charge in [-0.15, -0.1) is 0 Å². The Morgan fingerprint density at radius 2 is 1.95 bits per heavy atom. The quantitative estimate of drug-likeness (QED) is 0.922. The zero-order valence-electron chi connectivity index (χ0n) is 13.3. The minimum atomic E-state index is -0.0856. The summed E-state index contributed by atoms with van der Waals surface area (Å²) in [6.45, 7) is 1.29. The molecule has 1 aliphatic rings. The van der Waals surface area contributed by atoms with Crippen molar-refractivity contribution in [1.29, 1.82) is 0 Å². The van der Waals surface area contributed by atoms with Crippen LogP contribution in [0.5, 0.6) is 5.75 Å². The zero-order valence-corrected chi connectivity index (χ0v) is 13.3. The first-order valence-corrected chi connectivity index (χ1v) is 7.42. The van der Waals surface area contributed by atoms with Crippen molar-refractivity contribution in [1.82, 2.24) is 15.1 Å². The average Bonchev–Trinajstić information content (AvgIpc) is 2.54. The van der Waals surface area contributed by atoms with Gasteiger partial charge in [-0.1, -0.05) is 6.07 Å². The lowest BCUT2D eigenvalue weighted by atomic mass is 10.0. The molecule has 6 nitrogen and oxygen atoms in total. The summed E-state index contributed by atoms with van der Waals surface area (Å²) in [4.78, 5) is 27.5. The van der Waals surface area contributed by atoms with Crippen molar-refractivity contribution < 1.29 is 14.3 Å². The number of urea groups is 1. The number of rotatable bonds is 3. The van der Waals surface area contributed by atoms with Gasteiger partial charge in [-0.2, -0.15) is 0 Å². The van der Waals surface area contributed by atoms with Gasteiger partial charge >= 0.3 is 6.03 Å². The van der Waals surface area contributed by atoms with Crippen molar-refractivity contribution in [3.63, 3.8) is 0 Å². The Hall–Kier alpha value is -2.24. The lowest BCUT2D eigenvalue weighted by Gasteiger charge is -2.33. The molecule has 0 radical (unpaired) electrons. The molecule has 1 heterocycles.